The number of anilines is 1. The van der Waals surface area contributed by atoms with Crippen molar-refractivity contribution in [3.63, 3.8) is 0 Å². The maximum atomic E-state index is 12.6. The van der Waals surface area contributed by atoms with E-state index in [1.54, 1.807) is 16.6 Å². The number of thiazole rings is 1. The van der Waals surface area contributed by atoms with E-state index >= 15 is 0 Å². The fourth-order valence-corrected chi connectivity index (χ4v) is 4.71. The predicted octanol–water partition coefficient (Wildman–Crippen LogP) is 3.88. The van der Waals surface area contributed by atoms with Gasteiger partial charge in [0.2, 0.25) is 4.96 Å². The van der Waals surface area contributed by atoms with Crippen LogP contribution < -0.4 is 9.46 Å². The molecule has 4 aromatic rings. The molecule has 28 heavy (non-hydrogen) atoms. The Balaban J connectivity index is 1.68. The second-order valence-electron chi connectivity index (χ2n) is 6.35. The largest absolute Gasteiger partial charge is 0.497 e. The molecule has 2 aromatic heterocycles. The maximum absolute atomic E-state index is 12.6. The van der Waals surface area contributed by atoms with E-state index < -0.39 is 10.0 Å². The van der Waals surface area contributed by atoms with Crippen LogP contribution in [0.4, 0.5) is 5.95 Å². The van der Waals surface area contributed by atoms with Gasteiger partial charge < -0.3 is 4.74 Å². The van der Waals surface area contributed by atoms with Crippen LogP contribution in [0.15, 0.2) is 52.7 Å². The van der Waals surface area contributed by atoms with E-state index in [4.69, 9.17) is 4.74 Å². The lowest BCUT2D eigenvalue weighted by atomic mass is 10.0. The lowest BCUT2D eigenvalue weighted by Gasteiger charge is -2.06. The Morgan fingerprint density at radius 3 is 2.54 bits per heavy atom. The Hall–Kier alpha value is -2.91. The summed E-state index contributed by atoms with van der Waals surface area (Å²) in [5, 5.41) is 6.33. The Bertz CT molecular complexity index is 1260. The van der Waals surface area contributed by atoms with Gasteiger partial charge in [-0.3, -0.25) is 0 Å². The number of aryl methyl sites for hydroxylation is 2. The van der Waals surface area contributed by atoms with E-state index in [9.17, 15) is 8.42 Å². The zero-order valence-electron chi connectivity index (χ0n) is 15.5. The Morgan fingerprint density at radius 1 is 1.11 bits per heavy atom. The molecule has 0 aliphatic carbocycles. The van der Waals surface area contributed by atoms with Crippen molar-refractivity contribution in [2.24, 2.45) is 0 Å². The van der Waals surface area contributed by atoms with Crippen molar-refractivity contribution in [3.05, 3.63) is 59.0 Å². The van der Waals surface area contributed by atoms with Gasteiger partial charge in [0.15, 0.2) is 0 Å². The van der Waals surface area contributed by atoms with Gasteiger partial charge in [-0.05, 0) is 43.7 Å². The van der Waals surface area contributed by atoms with Crippen molar-refractivity contribution < 1.29 is 13.2 Å². The number of nitrogens with one attached hydrogen (secondary N) is 1. The smallest absolute Gasteiger partial charge is 0.264 e. The number of ether oxygens (including phenoxy) is 1. The Morgan fingerprint density at radius 2 is 1.86 bits per heavy atom. The summed E-state index contributed by atoms with van der Waals surface area (Å²) in [5.41, 5.74) is 4.21. The zero-order chi connectivity index (χ0) is 19.9. The van der Waals surface area contributed by atoms with E-state index in [-0.39, 0.29) is 10.8 Å². The van der Waals surface area contributed by atoms with Crippen molar-refractivity contribution in [3.8, 4) is 17.0 Å². The topological polar surface area (TPSA) is 85.6 Å². The molecule has 1 N–H and O–H groups in total. The lowest BCUT2D eigenvalue weighted by molar-refractivity contribution is 0.414. The van der Waals surface area contributed by atoms with Crippen LogP contribution >= 0.6 is 11.3 Å². The van der Waals surface area contributed by atoms with Crippen LogP contribution in [-0.2, 0) is 10.0 Å². The average Bonchev–Trinajstić information content (AvgIpc) is 3.22. The van der Waals surface area contributed by atoms with Crippen molar-refractivity contribution in [2.45, 2.75) is 18.7 Å². The van der Waals surface area contributed by atoms with Crippen molar-refractivity contribution >= 4 is 32.3 Å². The predicted molar refractivity (Wildman–Crippen MR) is 110 cm³/mol. The minimum absolute atomic E-state index is 0.0358. The fraction of sp³-hybridized carbons (Fsp3) is 0.158. The molecule has 2 aromatic carbocycles. The quantitative estimate of drug-likeness (QED) is 0.536. The van der Waals surface area contributed by atoms with Gasteiger partial charge in [-0.2, -0.15) is 4.98 Å². The molecule has 7 nitrogen and oxygen atoms in total. The summed E-state index contributed by atoms with van der Waals surface area (Å²) in [6, 6.07) is 12.3. The van der Waals surface area contributed by atoms with E-state index in [1.807, 2.05) is 31.4 Å². The summed E-state index contributed by atoms with van der Waals surface area (Å²) in [4.78, 5) is 5.03. The SMILES string of the molecule is COc1ccc(S(=O)(=O)Nc2nc3scc(-c4ccc(C)cc4C)n3n2)cc1. The first-order valence-corrected chi connectivity index (χ1v) is 10.8. The first-order valence-electron chi connectivity index (χ1n) is 8.46. The minimum atomic E-state index is -3.79. The van der Waals surface area contributed by atoms with E-state index in [1.165, 1.54) is 36.1 Å². The monoisotopic (exact) mass is 414 g/mol. The summed E-state index contributed by atoms with van der Waals surface area (Å²) in [6.07, 6.45) is 0. The molecule has 0 aliphatic heterocycles. The highest BCUT2D eigenvalue weighted by Crippen LogP contribution is 2.29. The molecule has 0 saturated carbocycles. The van der Waals surface area contributed by atoms with Crippen LogP contribution in [0.2, 0.25) is 0 Å². The van der Waals surface area contributed by atoms with Gasteiger partial charge in [-0.1, -0.05) is 23.8 Å². The third-order valence-corrected chi connectivity index (χ3v) is 6.50. The summed E-state index contributed by atoms with van der Waals surface area (Å²) < 4.78 is 34.4. The molecule has 0 atom stereocenters. The lowest BCUT2D eigenvalue weighted by Crippen LogP contribution is -2.14. The van der Waals surface area contributed by atoms with Gasteiger partial charge in [0.25, 0.3) is 16.0 Å². The molecule has 0 unspecified atom stereocenters. The molecule has 144 valence electrons. The summed E-state index contributed by atoms with van der Waals surface area (Å²) in [5.74, 6) is 0.617. The highest BCUT2D eigenvalue weighted by Gasteiger charge is 2.19. The number of hydrogen-bond acceptors (Lipinski definition) is 6. The molecule has 0 radical (unpaired) electrons. The molecular formula is C19H18N4O3S2. The van der Waals surface area contributed by atoms with Crippen LogP contribution in [0.25, 0.3) is 16.2 Å². The molecule has 2 heterocycles. The van der Waals surface area contributed by atoms with Crippen molar-refractivity contribution in [1.29, 1.82) is 0 Å². The highest BCUT2D eigenvalue weighted by atomic mass is 32.2. The number of methoxy groups -OCH3 is 1. The molecule has 0 fully saturated rings. The third-order valence-electron chi connectivity index (χ3n) is 4.33. The molecule has 0 aliphatic rings. The summed E-state index contributed by atoms with van der Waals surface area (Å²) in [6.45, 7) is 4.08. The number of hydrogen-bond donors (Lipinski definition) is 1. The maximum Gasteiger partial charge on any atom is 0.264 e. The van der Waals surface area contributed by atoms with Gasteiger partial charge in [0.05, 0.1) is 17.7 Å². The standard InChI is InChI=1S/C19H18N4O3S2/c1-12-4-9-16(13(2)10-12)17-11-27-19-20-18(21-23(17)19)22-28(24,25)15-7-5-14(26-3)6-8-15/h4-11H,1-3H3,(H,21,22). The van der Waals surface area contributed by atoms with Crippen LogP contribution in [0.3, 0.4) is 0 Å². The molecule has 0 saturated heterocycles. The Labute approximate surface area is 166 Å². The van der Waals surface area contributed by atoms with Gasteiger partial charge >= 0.3 is 0 Å². The number of aromatic nitrogens is 3. The second-order valence-corrected chi connectivity index (χ2v) is 8.87. The number of nitrogens with zero attached hydrogens (tertiary/aromatic N) is 3. The van der Waals surface area contributed by atoms with Gasteiger partial charge in [0, 0.05) is 10.9 Å². The van der Waals surface area contributed by atoms with Crippen LogP contribution in [-0.4, -0.2) is 30.1 Å². The summed E-state index contributed by atoms with van der Waals surface area (Å²) >= 11 is 1.41. The third kappa shape index (κ3) is 3.34. The van der Waals surface area contributed by atoms with Gasteiger partial charge in [-0.25, -0.2) is 17.7 Å². The first kappa shape index (κ1) is 18.5. The molecule has 4 rings (SSSR count). The molecule has 0 amide bonds. The number of rotatable bonds is 5. The second kappa shape index (κ2) is 6.92. The van der Waals surface area contributed by atoms with E-state index in [0.717, 1.165) is 16.8 Å². The summed E-state index contributed by atoms with van der Waals surface area (Å²) in [7, 11) is -2.27. The van der Waals surface area contributed by atoms with Crippen LogP contribution in [0.1, 0.15) is 11.1 Å². The minimum Gasteiger partial charge on any atom is -0.497 e. The van der Waals surface area contributed by atoms with Crippen LogP contribution in [0, 0.1) is 13.8 Å². The van der Waals surface area contributed by atoms with Crippen LogP contribution in [0.5, 0.6) is 5.75 Å². The molecular weight excluding hydrogens is 396 g/mol. The molecule has 0 bridgehead atoms. The zero-order valence-corrected chi connectivity index (χ0v) is 17.1. The van der Waals surface area contributed by atoms with Gasteiger partial charge in [-0.15, -0.1) is 16.4 Å². The highest BCUT2D eigenvalue weighted by molar-refractivity contribution is 7.92. The number of benzene rings is 2. The van der Waals surface area contributed by atoms with Crippen molar-refractivity contribution in [1.82, 2.24) is 14.6 Å². The number of sulfonamides is 1. The number of fused-ring (bicyclic) bond motifs is 1. The molecule has 9 heteroatoms. The van der Waals surface area contributed by atoms with E-state index in [2.05, 4.69) is 20.9 Å². The average molecular weight is 415 g/mol. The molecule has 0 spiro atoms. The van der Waals surface area contributed by atoms with Gasteiger partial charge in [0.1, 0.15) is 5.75 Å². The van der Waals surface area contributed by atoms with Crippen molar-refractivity contribution in [2.75, 3.05) is 11.8 Å². The Kier molecular flexibility index (Phi) is 4.56. The first-order chi connectivity index (χ1) is 13.4. The normalized spacial score (nSPS) is 11.7. The van der Waals surface area contributed by atoms with E-state index in [0.29, 0.717) is 10.7 Å². The fourth-order valence-electron chi connectivity index (χ4n) is 2.95.